The first-order valence-corrected chi connectivity index (χ1v) is 9.12. The number of hydrogen-bond acceptors (Lipinski definition) is 4. The van der Waals surface area contributed by atoms with Gasteiger partial charge in [-0.25, -0.2) is 0 Å². The predicted molar refractivity (Wildman–Crippen MR) is 96.5 cm³/mol. The number of aryl methyl sites for hydroxylation is 1. The number of aromatic amines is 1. The van der Waals surface area contributed by atoms with Gasteiger partial charge in [-0.3, -0.25) is 14.4 Å². The number of amides is 1. The van der Waals surface area contributed by atoms with Crippen LogP contribution >= 0.6 is 0 Å². The second-order valence-electron chi connectivity index (χ2n) is 7.74. The number of Topliss-reactive ketones (excluding diaryl/α,β-unsaturated/α-hetero) is 1. The van der Waals surface area contributed by atoms with E-state index in [9.17, 15) is 19.5 Å². The number of nitrogens with one attached hydrogen (secondary N) is 1. The molecule has 1 aromatic heterocycles. The molecule has 7 heteroatoms. The molecule has 0 radical (unpaired) electrons. The lowest BCUT2D eigenvalue weighted by atomic mass is 9.68. The Morgan fingerprint density at radius 1 is 1.19 bits per heavy atom. The minimum atomic E-state index is -0.767. The molecule has 2 aliphatic rings. The molecule has 3 heterocycles. The van der Waals surface area contributed by atoms with Gasteiger partial charge in [0.1, 0.15) is 0 Å². The SMILES string of the molecule is CC(=O)c1[nH]c(C)c(C(=O)N2CC[C@@]3(C(=O)O)CCCN(C)[C@@H]3C2)c1C. The topological polar surface area (TPSA) is 93.7 Å². The van der Waals surface area contributed by atoms with Crippen LogP contribution < -0.4 is 0 Å². The minimum Gasteiger partial charge on any atom is -0.481 e. The molecule has 1 aromatic rings. The number of hydrogen-bond donors (Lipinski definition) is 2. The zero-order valence-electron chi connectivity index (χ0n) is 15.9. The molecule has 26 heavy (non-hydrogen) atoms. The lowest BCUT2D eigenvalue weighted by Gasteiger charge is -2.51. The summed E-state index contributed by atoms with van der Waals surface area (Å²) in [4.78, 5) is 43.8. The van der Waals surface area contributed by atoms with Crippen LogP contribution in [0.1, 0.15) is 58.3 Å². The van der Waals surface area contributed by atoms with E-state index in [0.29, 0.717) is 48.4 Å². The molecule has 0 aliphatic carbocycles. The van der Waals surface area contributed by atoms with Gasteiger partial charge < -0.3 is 19.9 Å². The number of carbonyl (C=O) groups excluding carboxylic acids is 2. The molecular weight excluding hydrogens is 334 g/mol. The number of carboxylic acid groups (broad SMARTS) is 1. The Morgan fingerprint density at radius 3 is 2.46 bits per heavy atom. The van der Waals surface area contributed by atoms with Gasteiger partial charge in [0.25, 0.3) is 5.91 Å². The average Bonchev–Trinajstić information content (AvgIpc) is 2.89. The molecule has 2 saturated heterocycles. The molecule has 0 spiro atoms. The maximum Gasteiger partial charge on any atom is 0.311 e. The molecule has 2 aliphatic heterocycles. The second-order valence-corrected chi connectivity index (χ2v) is 7.74. The zero-order chi connectivity index (χ0) is 19.2. The van der Waals surface area contributed by atoms with Gasteiger partial charge in [-0.15, -0.1) is 0 Å². The van der Waals surface area contributed by atoms with Gasteiger partial charge in [0.15, 0.2) is 5.78 Å². The Hall–Kier alpha value is -2.15. The number of piperidine rings is 2. The fraction of sp³-hybridized carbons (Fsp3) is 0.632. The van der Waals surface area contributed by atoms with E-state index in [0.717, 1.165) is 13.0 Å². The van der Waals surface area contributed by atoms with Gasteiger partial charge >= 0.3 is 5.97 Å². The van der Waals surface area contributed by atoms with E-state index in [1.807, 2.05) is 7.05 Å². The molecule has 0 bridgehead atoms. The summed E-state index contributed by atoms with van der Waals surface area (Å²) in [6, 6.07) is -0.182. The van der Waals surface area contributed by atoms with Crippen LogP contribution in [0.3, 0.4) is 0 Å². The first kappa shape index (κ1) is 18.6. The van der Waals surface area contributed by atoms with Gasteiger partial charge in [0.05, 0.1) is 16.7 Å². The molecular formula is C19H27N3O4. The Bertz CT molecular complexity index is 769. The maximum absolute atomic E-state index is 13.2. The standard InChI is InChI=1S/C19H27N3O4/c1-11-15(12(2)20-16(11)13(3)23)17(24)22-9-7-19(18(25)26)6-5-8-21(4)14(19)10-22/h14,20H,5-10H2,1-4H3,(H,25,26)/t14-,19+/m1/s1. The van der Waals surface area contributed by atoms with Crippen LogP contribution in [0.25, 0.3) is 0 Å². The number of likely N-dealkylation sites (N-methyl/N-ethyl adjacent to an activating group) is 1. The van der Waals surface area contributed by atoms with Crippen LogP contribution in [0, 0.1) is 19.3 Å². The van der Waals surface area contributed by atoms with Gasteiger partial charge in [-0.1, -0.05) is 0 Å². The largest absolute Gasteiger partial charge is 0.481 e. The summed E-state index contributed by atoms with van der Waals surface area (Å²) in [5, 5.41) is 9.86. The quantitative estimate of drug-likeness (QED) is 0.802. The number of carboxylic acids is 1. The number of aliphatic carboxylic acids is 1. The molecule has 2 N–H and O–H groups in total. The summed E-state index contributed by atoms with van der Waals surface area (Å²) in [6.07, 6.45) is 1.99. The van der Waals surface area contributed by atoms with Crippen LogP contribution in [0.15, 0.2) is 0 Å². The summed E-state index contributed by atoms with van der Waals surface area (Å²) in [7, 11) is 1.94. The number of carbonyl (C=O) groups is 3. The maximum atomic E-state index is 13.2. The van der Waals surface area contributed by atoms with Crippen molar-refractivity contribution >= 4 is 17.7 Å². The molecule has 0 saturated carbocycles. The normalized spacial score (nSPS) is 26.5. The van der Waals surface area contributed by atoms with Crippen molar-refractivity contribution in [3.63, 3.8) is 0 Å². The number of H-pyrrole nitrogens is 1. The monoisotopic (exact) mass is 361 g/mol. The van der Waals surface area contributed by atoms with Gasteiger partial charge in [0, 0.05) is 31.7 Å². The van der Waals surface area contributed by atoms with Gasteiger partial charge in [-0.2, -0.15) is 0 Å². The van der Waals surface area contributed by atoms with Crippen molar-refractivity contribution in [2.75, 3.05) is 26.7 Å². The zero-order valence-corrected chi connectivity index (χ0v) is 15.9. The molecule has 2 atom stereocenters. The molecule has 142 valence electrons. The molecule has 0 unspecified atom stereocenters. The third kappa shape index (κ3) is 2.74. The molecule has 3 rings (SSSR count). The third-order valence-corrected chi connectivity index (χ3v) is 6.24. The first-order chi connectivity index (χ1) is 12.2. The number of likely N-dealkylation sites (tertiary alicyclic amines) is 2. The van der Waals surface area contributed by atoms with E-state index in [-0.39, 0.29) is 17.7 Å². The lowest BCUT2D eigenvalue weighted by Crippen LogP contribution is -2.63. The molecule has 7 nitrogen and oxygen atoms in total. The summed E-state index contributed by atoms with van der Waals surface area (Å²) in [5.74, 6) is -0.976. The molecule has 1 amide bonds. The van der Waals surface area contributed by atoms with Crippen molar-refractivity contribution in [1.29, 1.82) is 0 Å². The Labute approximate surface area is 153 Å². The minimum absolute atomic E-state index is 0.0970. The highest BCUT2D eigenvalue weighted by Crippen LogP contribution is 2.42. The van der Waals surface area contributed by atoms with Gasteiger partial charge in [-0.05, 0) is 52.3 Å². The lowest BCUT2D eigenvalue weighted by molar-refractivity contribution is -0.161. The number of nitrogens with zero attached hydrogens (tertiary/aromatic N) is 2. The Kier molecular flexibility index (Phi) is 4.69. The second kappa shape index (κ2) is 6.54. The van der Waals surface area contributed by atoms with Crippen molar-refractivity contribution in [3.05, 3.63) is 22.5 Å². The highest BCUT2D eigenvalue weighted by molar-refractivity contribution is 6.02. The predicted octanol–water partition coefficient (Wildman–Crippen LogP) is 1.85. The van der Waals surface area contributed by atoms with Crippen molar-refractivity contribution in [3.8, 4) is 0 Å². The summed E-state index contributed by atoms with van der Waals surface area (Å²) < 4.78 is 0. The van der Waals surface area contributed by atoms with E-state index < -0.39 is 11.4 Å². The fourth-order valence-electron chi connectivity index (χ4n) is 4.75. The number of fused-ring (bicyclic) bond motifs is 1. The highest BCUT2D eigenvalue weighted by atomic mass is 16.4. The number of ketones is 1. The van der Waals surface area contributed by atoms with Crippen molar-refractivity contribution < 1.29 is 19.5 Å². The number of rotatable bonds is 3. The average molecular weight is 361 g/mol. The van der Waals surface area contributed by atoms with Crippen LogP contribution in [0.5, 0.6) is 0 Å². The van der Waals surface area contributed by atoms with Crippen molar-refractivity contribution in [2.45, 2.75) is 46.1 Å². The van der Waals surface area contributed by atoms with Crippen molar-refractivity contribution in [2.24, 2.45) is 5.41 Å². The van der Waals surface area contributed by atoms with Crippen LogP contribution in [-0.2, 0) is 4.79 Å². The molecule has 0 aromatic carbocycles. The Balaban J connectivity index is 1.90. The number of aromatic nitrogens is 1. The van der Waals surface area contributed by atoms with Crippen LogP contribution in [0.4, 0.5) is 0 Å². The smallest absolute Gasteiger partial charge is 0.311 e. The summed E-state index contributed by atoms with van der Waals surface area (Å²) >= 11 is 0. The van der Waals surface area contributed by atoms with E-state index in [1.165, 1.54) is 6.92 Å². The summed E-state index contributed by atoms with van der Waals surface area (Å²) in [5.41, 5.74) is 1.60. The molecule has 2 fully saturated rings. The first-order valence-electron chi connectivity index (χ1n) is 9.12. The van der Waals surface area contributed by atoms with Crippen molar-refractivity contribution in [1.82, 2.24) is 14.8 Å². The van der Waals surface area contributed by atoms with E-state index in [1.54, 1.807) is 18.7 Å². The van der Waals surface area contributed by atoms with Crippen LogP contribution in [0.2, 0.25) is 0 Å². The van der Waals surface area contributed by atoms with E-state index in [4.69, 9.17) is 0 Å². The highest BCUT2D eigenvalue weighted by Gasteiger charge is 2.53. The Morgan fingerprint density at radius 2 is 1.88 bits per heavy atom. The summed E-state index contributed by atoms with van der Waals surface area (Å²) in [6.45, 7) is 6.73. The third-order valence-electron chi connectivity index (χ3n) is 6.24. The fourth-order valence-corrected chi connectivity index (χ4v) is 4.75. The van der Waals surface area contributed by atoms with Gasteiger partial charge in [0.2, 0.25) is 0 Å². The van der Waals surface area contributed by atoms with E-state index in [2.05, 4.69) is 9.88 Å². The van der Waals surface area contributed by atoms with Crippen LogP contribution in [-0.4, -0.2) is 70.3 Å². The van der Waals surface area contributed by atoms with E-state index >= 15 is 0 Å².